The van der Waals surface area contributed by atoms with E-state index in [1.54, 1.807) is 0 Å². The average Bonchev–Trinajstić information content (AvgIpc) is 3.25. The molecule has 0 aliphatic carbocycles. The quantitative estimate of drug-likeness (QED) is 0.828. The maximum atomic E-state index is 13.5. The third-order valence-electron chi connectivity index (χ3n) is 6.06. The van der Waals surface area contributed by atoms with E-state index in [4.69, 9.17) is 0 Å². The molecule has 0 aromatic heterocycles. The topological polar surface area (TPSA) is 35.6 Å². The molecule has 1 N–H and O–H groups in total. The summed E-state index contributed by atoms with van der Waals surface area (Å²) in [5.74, 6) is -2.34. The Morgan fingerprint density at radius 3 is 2.59 bits per heavy atom. The molecule has 1 fully saturated rings. The molecule has 0 bridgehead atoms. The summed E-state index contributed by atoms with van der Waals surface area (Å²) in [6.07, 6.45) is 4.53. The SMILES string of the molecule is CN1CCCc2cc([C@H](CNC(=O)c3ccc(F)c(F)c3)N3CCCC3)ccc21. The van der Waals surface area contributed by atoms with E-state index in [9.17, 15) is 13.6 Å². The van der Waals surface area contributed by atoms with E-state index >= 15 is 0 Å². The summed E-state index contributed by atoms with van der Waals surface area (Å²) in [7, 11) is 2.12. The number of rotatable bonds is 5. The van der Waals surface area contributed by atoms with Crippen LogP contribution in [0.25, 0.3) is 0 Å². The van der Waals surface area contributed by atoms with Crippen LogP contribution in [0.4, 0.5) is 14.5 Å². The fraction of sp³-hybridized carbons (Fsp3) is 0.435. The molecule has 0 radical (unpaired) electrons. The Hall–Kier alpha value is -2.47. The molecule has 154 valence electrons. The Morgan fingerprint density at radius 2 is 1.83 bits per heavy atom. The maximum Gasteiger partial charge on any atom is 0.251 e. The zero-order chi connectivity index (χ0) is 20.4. The molecule has 0 spiro atoms. The van der Waals surface area contributed by atoms with Crippen LogP contribution in [0.2, 0.25) is 0 Å². The summed E-state index contributed by atoms with van der Waals surface area (Å²) in [6, 6.07) is 9.94. The second-order valence-corrected chi connectivity index (χ2v) is 8.01. The fourth-order valence-corrected chi connectivity index (χ4v) is 4.45. The molecule has 2 aromatic carbocycles. The highest BCUT2D eigenvalue weighted by molar-refractivity contribution is 5.94. The number of carbonyl (C=O) groups is 1. The molecule has 2 heterocycles. The number of aryl methyl sites for hydroxylation is 1. The van der Waals surface area contributed by atoms with Crippen LogP contribution >= 0.6 is 0 Å². The van der Waals surface area contributed by atoms with Gasteiger partial charge in [-0.3, -0.25) is 9.69 Å². The fourth-order valence-electron chi connectivity index (χ4n) is 4.45. The van der Waals surface area contributed by atoms with E-state index < -0.39 is 11.6 Å². The first-order chi connectivity index (χ1) is 14.0. The van der Waals surface area contributed by atoms with Gasteiger partial charge >= 0.3 is 0 Å². The Bertz CT molecular complexity index is 896. The Morgan fingerprint density at radius 1 is 1.03 bits per heavy atom. The third-order valence-corrected chi connectivity index (χ3v) is 6.06. The van der Waals surface area contributed by atoms with Gasteiger partial charge in [0.25, 0.3) is 5.91 Å². The van der Waals surface area contributed by atoms with Gasteiger partial charge in [0.2, 0.25) is 0 Å². The van der Waals surface area contributed by atoms with Crippen LogP contribution in [0, 0.1) is 11.6 Å². The predicted octanol–water partition coefficient (Wildman–Crippen LogP) is 3.91. The van der Waals surface area contributed by atoms with Crippen molar-refractivity contribution in [1.82, 2.24) is 10.2 Å². The van der Waals surface area contributed by atoms with Crippen molar-refractivity contribution >= 4 is 11.6 Å². The zero-order valence-corrected chi connectivity index (χ0v) is 16.8. The van der Waals surface area contributed by atoms with Crippen molar-refractivity contribution in [3.05, 3.63) is 64.7 Å². The first-order valence-corrected chi connectivity index (χ1v) is 10.3. The molecule has 0 unspecified atom stereocenters. The molecule has 4 rings (SSSR count). The van der Waals surface area contributed by atoms with E-state index in [1.165, 1.54) is 22.9 Å². The largest absolute Gasteiger partial charge is 0.374 e. The zero-order valence-electron chi connectivity index (χ0n) is 16.8. The van der Waals surface area contributed by atoms with Gasteiger partial charge in [0.15, 0.2) is 11.6 Å². The number of amides is 1. The predicted molar refractivity (Wildman–Crippen MR) is 110 cm³/mol. The molecule has 1 amide bonds. The molecule has 0 saturated carbocycles. The number of hydrogen-bond donors (Lipinski definition) is 1. The van der Waals surface area contributed by atoms with Crippen molar-refractivity contribution in [1.29, 1.82) is 0 Å². The van der Waals surface area contributed by atoms with Crippen LogP contribution in [0.3, 0.4) is 0 Å². The molecular weight excluding hydrogens is 372 g/mol. The lowest BCUT2D eigenvalue weighted by Gasteiger charge is -2.32. The number of benzene rings is 2. The molecule has 4 nitrogen and oxygen atoms in total. The van der Waals surface area contributed by atoms with Crippen molar-refractivity contribution < 1.29 is 13.6 Å². The van der Waals surface area contributed by atoms with Crippen molar-refractivity contribution in [3.63, 3.8) is 0 Å². The smallest absolute Gasteiger partial charge is 0.251 e. The Balaban J connectivity index is 1.53. The standard InChI is InChI=1S/C23H27F2N3O/c1-27-10-4-5-16-13-17(7-9-21(16)27)22(28-11-2-3-12-28)15-26-23(29)18-6-8-19(24)20(25)14-18/h6-9,13-14,22H,2-5,10-12,15H2,1H3,(H,26,29)/t22-/m0/s1. The second-order valence-electron chi connectivity index (χ2n) is 8.01. The van der Waals surface area contributed by atoms with Gasteiger partial charge in [-0.15, -0.1) is 0 Å². The monoisotopic (exact) mass is 399 g/mol. The summed E-state index contributed by atoms with van der Waals surface area (Å²) in [5.41, 5.74) is 3.97. The molecule has 2 aliphatic heterocycles. The molecule has 2 aliphatic rings. The minimum Gasteiger partial charge on any atom is -0.374 e. The van der Waals surface area contributed by atoms with E-state index in [2.05, 4.69) is 40.4 Å². The number of nitrogens with zero attached hydrogens (tertiary/aromatic N) is 2. The van der Waals surface area contributed by atoms with Gasteiger partial charge in [0, 0.05) is 31.4 Å². The second kappa shape index (κ2) is 8.49. The summed E-state index contributed by atoms with van der Waals surface area (Å²) in [6.45, 7) is 3.52. The van der Waals surface area contributed by atoms with Gasteiger partial charge in [-0.2, -0.15) is 0 Å². The number of likely N-dealkylation sites (tertiary alicyclic amines) is 1. The summed E-state index contributed by atoms with van der Waals surface area (Å²) in [4.78, 5) is 17.2. The first-order valence-electron chi connectivity index (χ1n) is 10.3. The number of anilines is 1. The molecule has 29 heavy (non-hydrogen) atoms. The summed E-state index contributed by atoms with van der Waals surface area (Å²) < 4.78 is 26.6. The van der Waals surface area contributed by atoms with E-state index in [0.29, 0.717) is 6.54 Å². The Kier molecular flexibility index (Phi) is 5.81. The van der Waals surface area contributed by atoms with Crippen LogP contribution in [0.15, 0.2) is 36.4 Å². The van der Waals surface area contributed by atoms with Gasteiger partial charge < -0.3 is 10.2 Å². The normalized spacial score (nSPS) is 17.8. The van der Waals surface area contributed by atoms with E-state index in [-0.39, 0.29) is 17.5 Å². The van der Waals surface area contributed by atoms with Crippen LogP contribution in [0.5, 0.6) is 0 Å². The summed E-state index contributed by atoms with van der Waals surface area (Å²) >= 11 is 0. The van der Waals surface area contributed by atoms with E-state index in [1.807, 2.05) is 0 Å². The van der Waals surface area contributed by atoms with Gasteiger partial charge in [-0.05, 0) is 74.2 Å². The highest BCUT2D eigenvalue weighted by atomic mass is 19.2. The van der Waals surface area contributed by atoms with Crippen molar-refractivity contribution in [2.75, 3.05) is 38.1 Å². The van der Waals surface area contributed by atoms with Crippen LogP contribution < -0.4 is 10.2 Å². The van der Waals surface area contributed by atoms with E-state index in [0.717, 1.165) is 57.5 Å². The minimum atomic E-state index is -1.01. The lowest BCUT2D eigenvalue weighted by Crippen LogP contribution is -2.37. The molecule has 6 heteroatoms. The number of fused-ring (bicyclic) bond motifs is 1. The lowest BCUT2D eigenvalue weighted by atomic mass is 9.96. The Labute approximate surface area is 170 Å². The number of carbonyl (C=O) groups excluding carboxylic acids is 1. The van der Waals surface area contributed by atoms with Gasteiger partial charge in [-0.1, -0.05) is 12.1 Å². The van der Waals surface area contributed by atoms with Crippen molar-refractivity contribution in [2.45, 2.75) is 31.7 Å². The van der Waals surface area contributed by atoms with Crippen LogP contribution in [-0.2, 0) is 6.42 Å². The maximum absolute atomic E-state index is 13.5. The van der Waals surface area contributed by atoms with Gasteiger partial charge in [0.05, 0.1) is 6.04 Å². The lowest BCUT2D eigenvalue weighted by molar-refractivity contribution is 0.0937. The molecule has 1 atom stereocenters. The highest BCUT2D eigenvalue weighted by Gasteiger charge is 2.26. The number of nitrogens with one attached hydrogen (secondary N) is 1. The van der Waals surface area contributed by atoms with Crippen molar-refractivity contribution in [3.8, 4) is 0 Å². The molecular formula is C23H27F2N3O. The summed E-state index contributed by atoms with van der Waals surface area (Å²) in [5, 5.41) is 2.93. The van der Waals surface area contributed by atoms with Gasteiger partial charge in [-0.25, -0.2) is 8.78 Å². The minimum absolute atomic E-state index is 0.0734. The van der Waals surface area contributed by atoms with Gasteiger partial charge in [0.1, 0.15) is 0 Å². The molecule has 1 saturated heterocycles. The van der Waals surface area contributed by atoms with Crippen molar-refractivity contribution in [2.24, 2.45) is 0 Å². The number of halogens is 2. The average molecular weight is 399 g/mol. The first kappa shape index (κ1) is 19.8. The molecule has 2 aromatic rings. The number of hydrogen-bond acceptors (Lipinski definition) is 3. The van der Waals surface area contributed by atoms with Crippen LogP contribution in [-0.4, -0.2) is 44.0 Å². The third kappa shape index (κ3) is 4.27. The van der Waals surface area contributed by atoms with Crippen LogP contribution in [0.1, 0.15) is 46.8 Å². The highest BCUT2D eigenvalue weighted by Crippen LogP contribution is 2.31.